The Morgan fingerprint density at radius 3 is 2.64 bits per heavy atom. The van der Waals surface area contributed by atoms with Crippen molar-refractivity contribution in [1.29, 1.82) is 0 Å². The number of nitrogens with zero attached hydrogens (tertiary/aromatic N) is 1. The van der Waals surface area contributed by atoms with E-state index in [4.69, 9.17) is 9.47 Å². The summed E-state index contributed by atoms with van der Waals surface area (Å²) in [5.74, 6) is 1.42. The van der Waals surface area contributed by atoms with Crippen LogP contribution in [0.25, 0.3) is 0 Å². The second kappa shape index (κ2) is 8.18. The van der Waals surface area contributed by atoms with E-state index in [-0.39, 0.29) is 5.91 Å². The van der Waals surface area contributed by atoms with E-state index in [9.17, 15) is 4.79 Å². The Labute approximate surface area is 133 Å². The molecule has 4 nitrogen and oxygen atoms in total. The predicted molar refractivity (Wildman–Crippen MR) is 87.2 cm³/mol. The molecule has 122 valence electrons. The highest BCUT2D eigenvalue weighted by Crippen LogP contribution is 2.23. The quantitative estimate of drug-likeness (QED) is 0.774. The highest BCUT2D eigenvalue weighted by Gasteiger charge is 2.20. The van der Waals surface area contributed by atoms with Gasteiger partial charge < -0.3 is 14.4 Å². The van der Waals surface area contributed by atoms with Crippen molar-refractivity contribution in [2.75, 3.05) is 26.3 Å². The normalized spacial score (nSPS) is 14.6. The zero-order valence-electron chi connectivity index (χ0n) is 13.9. The van der Waals surface area contributed by atoms with Crippen molar-refractivity contribution in [3.05, 3.63) is 29.3 Å². The Kier molecular flexibility index (Phi) is 6.25. The molecule has 1 saturated heterocycles. The molecule has 1 aromatic rings. The Hall–Kier alpha value is -1.55. The molecular weight excluding hydrogens is 278 g/mol. The lowest BCUT2D eigenvalue weighted by atomic mass is 10.1. The number of benzene rings is 1. The monoisotopic (exact) mass is 305 g/mol. The summed E-state index contributed by atoms with van der Waals surface area (Å²) in [4.78, 5) is 14.4. The van der Waals surface area contributed by atoms with Crippen LogP contribution >= 0.6 is 0 Å². The standard InChI is InChI=1S/C18H27NO3/c1-4-22-17-8-7-15(18(20)19-9-5-6-10-19)11-16(17)13-21-12-14(2)3/h7-8,11,14H,4-6,9-10,12-13H2,1-3H3. The lowest BCUT2D eigenvalue weighted by molar-refractivity contribution is 0.0791. The molecule has 4 heteroatoms. The fraction of sp³-hybridized carbons (Fsp3) is 0.611. The van der Waals surface area contributed by atoms with Crippen LogP contribution < -0.4 is 4.74 Å². The van der Waals surface area contributed by atoms with E-state index in [2.05, 4.69) is 13.8 Å². The summed E-state index contributed by atoms with van der Waals surface area (Å²) in [6, 6.07) is 5.67. The second-order valence-corrected chi connectivity index (χ2v) is 6.16. The van der Waals surface area contributed by atoms with E-state index in [1.54, 1.807) is 0 Å². The average Bonchev–Trinajstić information content (AvgIpc) is 3.02. The van der Waals surface area contributed by atoms with Gasteiger partial charge in [0.25, 0.3) is 5.91 Å². The third-order valence-electron chi connectivity index (χ3n) is 3.71. The van der Waals surface area contributed by atoms with Gasteiger partial charge in [-0.3, -0.25) is 4.79 Å². The first-order chi connectivity index (χ1) is 10.6. The molecule has 1 fully saturated rings. The number of amides is 1. The molecule has 1 aliphatic rings. The van der Waals surface area contributed by atoms with Gasteiger partial charge in [-0.25, -0.2) is 0 Å². The number of ether oxygens (including phenoxy) is 2. The van der Waals surface area contributed by atoms with Crippen molar-refractivity contribution in [2.45, 2.75) is 40.2 Å². The highest BCUT2D eigenvalue weighted by atomic mass is 16.5. The van der Waals surface area contributed by atoms with Crippen LogP contribution in [0, 0.1) is 5.92 Å². The first-order valence-corrected chi connectivity index (χ1v) is 8.24. The SMILES string of the molecule is CCOc1ccc(C(=O)N2CCCC2)cc1COCC(C)C. The van der Waals surface area contributed by atoms with Crippen molar-refractivity contribution < 1.29 is 14.3 Å². The van der Waals surface area contributed by atoms with E-state index in [1.165, 1.54) is 0 Å². The molecule has 1 heterocycles. The fourth-order valence-corrected chi connectivity index (χ4v) is 2.63. The van der Waals surface area contributed by atoms with Gasteiger partial charge in [0.1, 0.15) is 5.75 Å². The molecule has 0 atom stereocenters. The molecule has 1 aliphatic heterocycles. The summed E-state index contributed by atoms with van der Waals surface area (Å²) in [6.07, 6.45) is 2.21. The highest BCUT2D eigenvalue weighted by molar-refractivity contribution is 5.94. The summed E-state index contributed by atoms with van der Waals surface area (Å²) in [5, 5.41) is 0. The van der Waals surface area contributed by atoms with Gasteiger partial charge in [-0.05, 0) is 43.9 Å². The van der Waals surface area contributed by atoms with Gasteiger partial charge in [-0.15, -0.1) is 0 Å². The largest absolute Gasteiger partial charge is 0.494 e. The number of carbonyl (C=O) groups excluding carboxylic acids is 1. The maximum Gasteiger partial charge on any atom is 0.253 e. The van der Waals surface area contributed by atoms with Crippen molar-refractivity contribution in [2.24, 2.45) is 5.92 Å². The number of hydrogen-bond acceptors (Lipinski definition) is 3. The molecule has 22 heavy (non-hydrogen) atoms. The number of hydrogen-bond donors (Lipinski definition) is 0. The molecule has 0 bridgehead atoms. The molecule has 0 unspecified atom stereocenters. The third kappa shape index (κ3) is 4.47. The number of rotatable bonds is 7. The Morgan fingerprint density at radius 1 is 1.27 bits per heavy atom. The van der Waals surface area contributed by atoms with Gasteiger partial charge in [0.15, 0.2) is 0 Å². The first kappa shape index (κ1) is 16.8. The average molecular weight is 305 g/mol. The summed E-state index contributed by atoms with van der Waals surface area (Å²) in [5.41, 5.74) is 1.68. The molecular formula is C18H27NO3. The summed E-state index contributed by atoms with van der Waals surface area (Å²) >= 11 is 0. The van der Waals surface area contributed by atoms with Gasteiger partial charge in [0, 0.05) is 30.8 Å². The second-order valence-electron chi connectivity index (χ2n) is 6.16. The van der Waals surface area contributed by atoms with Crippen LogP contribution in [0.1, 0.15) is 49.5 Å². The molecule has 0 radical (unpaired) electrons. The van der Waals surface area contributed by atoms with E-state index >= 15 is 0 Å². The summed E-state index contributed by atoms with van der Waals surface area (Å²) in [6.45, 7) is 9.73. The Bertz CT molecular complexity index is 493. The van der Waals surface area contributed by atoms with Crippen LogP contribution in [-0.2, 0) is 11.3 Å². The molecule has 1 aromatic carbocycles. The zero-order chi connectivity index (χ0) is 15.9. The van der Waals surface area contributed by atoms with Crippen molar-refractivity contribution in [1.82, 2.24) is 4.90 Å². The lowest BCUT2D eigenvalue weighted by Crippen LogP contribution is -2.27. The smallest absolute Gasteiger partial charge is 0.253 e. The van der Waals surface area contributed by atoms with Crippen LogP contribution in [0.3, 0.4) is 0 Å². The van der Waals surface area contributed by atoms with Crippen molar-refractivity contribution in [3.8, 4) is 5.75 Å². The molecule has 0 spiro atoms. The van der Waals surface area contributed by atoms with Crippen LogP contribution in [-0.4, -0.2) is 37.1 Å². The molecule has 0 aromatic heterocycles. The van der Waals surface area contributed by atoms with E-state index in [0.717, 1.165) is 42.8 Å². The Balaban J connectivity index is 2.12. The van der Waals surface area contributed by atoms with E-state index in [0.29, 0.717) is 25.7 Å². The maximum absolute atomic E-state index is 12.5. The van der Waals surface area contributed by atoms with Crippen LogP contribution in [0.5, 0.6) is 5.75 Å². The van der Waals surface area contributed by atoms with E-state index < -0.39 is 0 Å². The van der Waals surface area contributed by atoms with Gasteiger partial charge in [0.05, 0.1) is 13.2 Å². The van der Waals surface area contributed by atoms with Gasteiger partial charge in [-0.2, -0.15) is 0 Å². The molecule has 0 N–H and O–H groups in total. The topological polar surface area (TPSA) is 38.8 Å². The third-order valence-corrected chi connectivity index (χ3v) is 3.71. The van der Waals surface area contributed by atoms with Crippen molar-refractivity contribution in [3.63, 3.8) is 0 Å². The van der Waals surface area contributed by atoms with Crippen molar-refractivity contribution >= 4 is 5.91 Å². The minimum Gasteiger partial charge on any atom is -0.494 e. The number of likely N-dealkylation sites (tertiary alicyclic amines) is 1. The molecule has 1 amide bonds. The van der Waals surface area contributed by atoms with Crippen LogP contribution in [0.4, 0.5) is 0 Å². The summed E-state index contributed by atoms with van der Waals surface area (Å²) < 4.78 is 11.4. The molecule has 0 saturated carbocycles. The van der Waals surface area contributed by atoms with Gasteiger partial charge in [0.2, 0.25) is 0 Å². The Morgan fingerprint density at radius 2 is 2.00 bits per heavy atom. The first-order valence-electron chi connectivity index (χ1n) is 8.24. The van der Waals surface area contributed by atoms with E-state index in [1.807, 2.05) is 30.0 Å². The summed E-state index contributed by atoms with van der Waals surface area (Å²) in [7, 11) is 0. The predicted octanol–water partition coefficient (Wildman–Crippen LogP) is 3.49. The minimum absolute atomic E-state index is 0.116. The number of carbonyl (C=O) groups is 1. The van der Waals surface area contributed by atoms with Crippen LogP contribution in [0.15, 0.2) is 18.2 Å². The van der Waals surface area contributed by atoms with Gasteiger partial charge >= 0.3 is 0 Å². The molecule has 0 aliphatic carbocycles. The van der Waals surface area contributed by atoms with Crippen LogP contribution in [0.2, 0.25) is 0 Å². The lowest BCUT2D eigenvalue weighted by Gasteiger charge is -2.17. The minimum atomic E-state index is 0.116. The van der Waals surface area contributed by atoms with Gasteiger partial charge in [-0.1, -0.05) is 13.8 Å². The molecule has 2 rings (SSSR count). The zero-order valence-corrected chi connectivity index (χ0v) is 13.9. The fourth-order valence-electron chi connectivity index (χ4n) is 2.63. The maximum atomic E-state index is 12.5.